The second-order valence-corrected chi connectivity index (χ2v) is 7.86. The maximum atomic E-state index is 12.5. The molecule has 0 radical (unpaired) electrons. The van der Waals surface area contributed by atoms with E-state index < -0.39 is 10.0 Å². The fraction of sp³-hybridized carbons (Fsp3) is 0.412. The van der Waals surface area contributed by atoms with E-state index in [4.69, 9.17) is 0 Å². The second-order valence-electron chi connectivity index (χ2n) is 6.18. The third kappa shape index (κ3) is 3.67. The zero-order valence-corrected chi connectivity index (χ0v) is 14.8. The first kappa shape index (κ1) is 16.7. The molecule has 0 aliphatic carbocycles. The van der Waals surface area contributed by atoms with Crippen LogP contribution in [0.25, 0.3) is 0 Å². The Morgan fingerprint density at radius 2 is 1.71 bits per heavy atom. The monoisotopic (exact) mass is 346 g/mol. The molecule has 1 fully saturated rings. The van der Waals surface area contributed by atoms with Crippen LogP contribution in [0, 0.1) is 13.8 Å². The topological polar surface area (TPSA) is 75.2 Å². The van der Waals surface area contributed by atoms with Crippen molar-refractivity contribution >= 4 is 21.7 Å². The van der Waals surface area contributed by atoms with Crippen molar-refractivity contribution in [1.82, 2.24) is 10.2 Å². The maximum absolute atomic E-state index is 12.5. The Labute approximate surface area is 143 Å². The molecule has 1 saturated heterocycles. The van der Waals surface area contributed by atoms with Crippen molar-refractivity contribution in [3.05, 3.63) is 41.5 Å². The van der Waals surface area contributed by atoms with Crippen molar-refractivity contribution < 1.29 is 8.42 Å². The molecular formula is C17H22N4O2S. The summed E-state index contributed by atoms with van der Waals surface area (Å²) in [6, 6.07) is 8.54. The second kappa shape index (κ2) is 6.76. The number of piperidine rings is 1. The number of aryl methyl sites for hydroxylation is 2. The average Bonchev–Trinajstić information content (AvgIpc) is 2.58. The number of hydrogen-bond donors (Lipinski definition) is 1. The predicted octanol–water partition coefficient (Wildman–Crippen LogP) is 2.88. The summed E-state index contributed by atoms with van der Waals surface area (Å²) in [7, 11) is -3.66. The zero-order valence-electron chi connectivity index (χ0n) is 14.0. The first-order chi connectivity index (χ1) is 11.5. The van der Waals surface area contributed by atoms with Gasteiger partial charge in [0.15, 0.2) is 11.6 Å². The summed E-state index contributed by atoms with van der Waals surface area (Å²) in [6.07, 6.45) is 3.56. The van der Waals surface area contributed by atoms with Crippen molar-refractivity contribution in [1.29, 1.82) is 0 Å². The van der Waals surface area contributed by atoms with Crippen molar-refractivity contribution in [2.45, 2.75) is 38.0 Å². The van der Waals surface area contributed by atoms with Crippen LogP contribution < -0.4 is 9.62 Å². The van der Waals surface area contributed by atoms with E-state index >= 15 is 0 Å². The lowest BCUT2D eigenvalue weighted by Gasteiger charge is -2.27. The molecule has 24 heavy (non-hydrogen) atoms. The molecule has 0 saturated carbocycles. The molecule has 0 spiro atoms. The molecule has 0 unspecified atom stereocenters. The Morgan fingerprint density at radius 3 is 2.33 bits per heavy atom. The Hall–Kier alpha value is -2.15. The number of nitrogens with zero attached hydrogens (tertiary/aromatic N) is 3. The van der Waals surface area contributed by atoms with Gasteiger partial charge in [0.1, 0.15) is 0 Å². The average molecular weight is 346 g/mol. The van der Waals surface area contributed by atoms with Crippen molar-refractivity contribution in [2.75, 3.05) is 22.7 Å². The van der Waals surface area contributed by atoms with Crippen molar-refractivity contribution in [3.8, 4) is 0 Å². The molecule has 0 bridgehead atoms. The number of hydrogen-bond acceptors (Lipinski definition) is 5. The summed E-state index contributed by atoms with van der Waals surface area (Å²) in [4.78, 5) is 2.41. The molecule has 0 atom stereocenters. The van der Waals surface area contributed by atoms with E-state index in [1.807, 2.05) is 19.9 Å². The number of aromatic nitrogens is 2. The molecule has 1 aromatic heterocycles. The first-order valence-corrected chi connectivity index (χ1v) is 9.63. The Bertz CT molecular complexity index is 813. The van der Waals surface area contributed by atoms with E-state index in [9.17, 15) is 8.42 Å². The van der Waals surface area contributed by atoms with Gasteiger partial charge in [-0.15, -0.1) is 10.2 Å². The van der Waals surface area contributed by atoms with Gasteiger partial charge in [-0.1, -0.05) is 6.07 Å². The molecule has 1 aromatic carbocycles. The summed E-state index contributed by atoms with van der Waals surface area (Å²) in [5, 5.41) is 8.18. The Kier molecular flexibility index (Phi) is 4.71. The third-order valence-electron chi connectivity index (χ3n) is 4.36. The molecular weight excluding hydrogens is 324 g/mol. The molecule has 3 rings (SSSR count). The zero-order chi connectivity index (χ0) is 17.2. The van der Waals surface area contributed by atoms with Gasteiger partial charge >= 0.3 is 0 Å². The smallest absolute Gasteiger partial charge is 0.263 e. The number of anilines is 2. The van der Waals surface area contributed by atoms with Crippen molar-refractivity contribution in [2.24, 2.45) is 0 Å². The fourth-order valence-electron chi connectivity index (χ4n) is 2.75. The number of sulfonamides is 1. The lowest BCUT2D eigenvalue weighted by molar-refractivity contribution is 0.571. The molecule has 1 aliphatic heterocycles. The Morgan fingerprint density at radius 1 is 0.958 bits per heavy atom. The van der Waals surface area contributed by atoms with Crippen LogP contribution in [0.1, 0.15) is 30.4 Å². The quantitative estimate of drug-likeness (QED) is 0.921. The number of nitrogens with one attached hydrogen (secondary N) is 1. The summed E-state index contributed by atoms with van der Waals surface area (Å²) in [5.74, 6) is 1.03. The largest absolute Gasteiger partial charge is 0.355 e. The SMILES string of the molecule is Cc1ccc(S(=O)(=O)Nc2ccc(N3CCCCC3)nn2)cc1C. The Balaban J connectivity index is 1.76. The van der Waals surface area contributed by atoms with Gasteiger partial charge in [0.25, 0.3) is 10.0 Å². The number of benzene rings is 1. The fourth-order valence-corrected chi connectivity index (χ4v) is 3.83. The van der Waals surface area contributed by atoms with Gasteiger partial charge in [-0.3, -0.25) is 4.72 Å². The van der Waals surface area contributed by atoms with Crippen LogP contribution >= 0.6 is 0 Å². The lowest BCUT2D eigenvalue weighted by Crippen LogP contribution is -2.30. The predicted molar refractivity (Wildman–Crippen MR) is 94.8 cm³/mol. The normalized spacial score (nSPS) is 15.3. The van der Waals surface area contributed by atoms with Gasteiger partial charge in [0.05, 0.1) is 4.90 Å². The van der Waals surface area contributed by atoms with E-state index in [1.54, 1.807) is 24.3 Å². The standard InChI is InChI=1S/C17H22N4O2S/c1-13-6-7-15(12-14(13)2)24(22,23)20-16-8-9-17(19-18-16)21-10-4-3-5-11-21/h6-9,12H,3-5,10-11H2,1-2H3,(H,18,20). The highest BCUT2D eigenvalue weighted by Gasteiger charge is 2.17. The summed E-state index contributed by atoms with van der Waals surface area (Å²) < 4.78 is 27.4. The van der Waals surface area contributed by atoms with Crippen LogP contribution in [0.5, 0.6) is 0 Å². The maximum Gasteiger partial charge on any atom is 0.263 e. The van der Waals surface area contributed by atoms with E-state index in [0.29, 0.717) is 0 Å². The summed E-state index contributed by atoms with van der Waals surface area (Å²) in [5.41, 5.74) is 1.99. The number of rotatable bonds is 4. The van der Waals surface area contributed by atoms with E-state index in [2.05, 4.69) is 19.8 Å². The van der Waals surface area contributed by atoms with E-state index in [-0.39, 0.29) is 10.7 Å². The molecule has 2 heterocycles. The van der Waals surface area contributed by atoms with Crippen LogP contribution in [-0.2, 0) is 10.0 Å². The summed E-state index contributed by atoms with van der Waals surface area (Å²) >= 11 is 0. The van der Waals surface area contributed by atoms with Crippen molar-refractivity contribution in [3.63, 3.8) is 0 Å². The molecule has 6 nitrogen and oxygen atoms in total. The molecule has 0 amide bonds. The van der Waals surface area contributed by atoms with Crippen LogP contribution in [0.15, 0.2) is 35.2 Å². The van der Waals surface area contributed by atoms with Crippen LogP contribution in [0.4, 0.5) is 11.6 Å². The first-order valence-electron chi connectivity index (χ1n) is 8.14. The molecule has 128 valence electrons. The van der Waals surface area contributed by atoms with Gasteiger partial charge in [-0.25, -0.2) is 8.42 Å². The van der Waals surface area contributed by atoms with Gasteiger partial charge < -0.3 is 4.90 Å². The van der Waals surface area contributed by atoms with Gasteiger partial charge in [0.2, 0.25) is 0 Å². The molecule has 2 aromatic rings. The van der Waals surface area contributed by atoms with Gasteiger partial charge in [-0.2, -0.15) is 0 Å². The molecule has 1 N–H and O–H groups in total. The van der Waals surface area contributed by atoms with Gasteiger partial charge in [0, 0.05) is 13.1 Å². The summed E-state index contributed by atoms with van der Waals surface area (Å²) in [6.45, 7) is 5.79. The minimum atomic E-state index is -3.66. The minimum absolute atomic E-state index is 0.229. The highest BCUT2D eigenvalue weighted by Crippen LogP contribution is 2.20. The van der Waals surface area contributed by atoms with Crippen LogP contribution in [0.3, 0.4) is 0 Å². The third-order valence-corrected chi connectivity index (χ3v) is 5.71. The molecule has 7 heteroatoms. The highest BCUT2D eigenvalue weighted by molar-refractivity contribution is 7.92. The lowest BCUT2D eigenvalue weighted by atomic mass is 10.1. The van der Waals surface area contributed by atoms with Crippen LogP contribution in [-0.4, -0.2) is 31.7 Å². The molecule has 1 aliphatic rings. The van der Waals surface area contributed by atoms with E-state index in [0.717, 1.165) is 42.9 Å². The highest BCUT2D eigenvalue weighted by atomic mass is 32.2. The van der Waals surface area contributed by atoms with E-state index in [1.165, 1.54) is 6.42 Å². The van der Waals surface area contributed by atoms with Crippen LogP contribution in [0.2, 0.25) is 0 Å². The minimum Gasteiger partial charge on any atom is -0.355 e. The van der Waals surface area contributed by atoms with Gasteiger partial charge in [-0.05, 0) is 68.5 Å².